The second-order valence-electron chi connectivity index (χ2n) is 30.1. The number of carbonyl (C=O) groups excluding carboxylic acids is 4. The highest BCUT2D eigenvalue weighted by Crippen LogP contribution is 2.42. The lowest BCUT2D eigenvalue weighted by Crippen LogP contribution is -2.70. The summed E-state index contributed by atoms with van der Waals surface area (Å²) < 4.78 is 56.5. The SMILES string of the molecule is CCCCCCCCCCC[C@H](CC(=O)C[C@@H](CO[C@@H]1OC(CO)[C@@H](OP(=O)(O)O)[C@H](NC(=O)C[C@@H](CCCCCCCCCCC)OCCCCCCCCCC)C1NC(=O)C[C@@H](CCCCCCCCCCC)OCCCCCCCCCC)C(=O)OC)OCCCCCCCCCC. The smallest absolute Gasteiger partial charge is 0.469 e. The first kappa shape index (κ1) is 97.0. The van der Waals surface area contributed by atoms with Crippen LogP contribution >= 0.6 is 7.82 Å². The summed E-state index contributed by atoms with van der Waals surface area (Å²) in [6.45, 7) is 13.6. The lowest BCUT2D eigenvalue weighted by molar-refractivity contribution is -0.251. The third-order valence-electron chi connectivity index (χ3n) is 20.5. The van der Waals surface area contributed by atoms with Gasteiger partial charge in [0.2, 0.25) is 11.8 Å². The van der Waals surface area contributed by atoms with Crippen LogP contribution in [0.1, 0.15) is 414 Å². The van der Waals surface area contributed by atoms with Gasteiger partial charge in [-0.1, -0.05) is 350 Å². The van der Waals surface area contributed by atoms with E-state index in [9.17, 15) is 38.6 Å². The van der Waals surface area contributed by atoms with E-state index in [1.807, 2.05) is 0 Å². The van der Waals surface area contributed by atoms with Gasteiger partial charge < -0.3 is 53.9 Å². The normalized spacial score (nSPS) is 17.6. The first-order chi connectivity index (χ1) is 49.2. The van der Waals surface area contributed by atoms with Gasteiger partial charge in [-0.15, -0.1) is 0 Å². The predicted octanol–water partition coefficient (Wildman–Crippen LogP) is 21.4. The van der Waals surface area contributed by atoms with Gasteiger partial charge >= 0.3 is 13.8 Å². The molecule has 9 atom stereocenters. The van der Waals surface area contributed by atoms with Crippen molar-refractivity contribution in [2.75, 3.05) is 40.1 Å². The molecule has 1 fully saturated rings. The van der Waals surface area contributed by atoms with Gasteiger partial charge in [-0.2, -0.15) is 0 Å². The van der Waals surface area contributed by atoms with Crippen molar-refractivity contribution in [3.05, 3.63) is 0 Å². The molecule has 1 saturated heterocycles. The highest BCUT2D eigenvalue weighted by molar-refractivity contribution is 7.46. The van der Waals surface area contributed by atoms with Crippen LogP contribution in [-0.2, 0) is 56.7 Å². The maximum Gasteiger partial charge on any atom is 0.470 e. The molecular formula is C83H161N2O15P. The molecule has 0 aromatic rings. The third kappa shape index (κ3) is 56.8. The summed E-state index contributed by atoms with van der Waals surface area (Å²) in [6, 6.07) is -2.86. The van der Waals surface area contributed by atoms with Gasteiger partial charge in [-0.25, -0.2) is 4.57 Å². The van der Waals surface area contributed by atoms with Crippen LogP contribution in [0, 0.1) is 5.92 Å². The Balaban J connectivity index is 3.78. The second-order valence-corrected chi connectivity index (χ2v) is 31.3. The van der Waals surface area contributed by atoms with Crippen molar-refractivity contribution >= 4 is 31.4 Å². The van der Waals surface area contributed by atoms with E-state index >= 15 is 0 Å². The monoisotopic (exact) mass is 1460 g/mol. The number of ether oxygens (including phenoxy) is 6. The molecule has 18 heteroatoms. The molecule has 0 aliphatic carbocycles. The van der Waals surface area contributed by atoms with Gasteiger partial charge in [0.15, 0.2) is 6.29 Å². The predicted molar refractivity (Wildman–Crippen MR) is 414 cm³/mol. The number of hydrogen-bond acceptors (Lipinski definition) is 13. The lowest BCUT2D eigenvalue weighted by atomic mass is 9.92. The zero-order valence-electron chi connectivity index (χ0n) is 66.4. The van der Waals surface area contributed by atoms with Crippen LogP contribution in [0.4, 0.5) is 0 Å². The van der Waals surface area contributed by atoms with Crippen LogP contribution in [0.15, 0.2) is 0 Å². The van der Waals surface area contributed by atoms with E-state index in [1.165, 1.54) is 206 Å². The first-order valence-electron chi connectivity index (χ1n) is 42.8. The van der Waals surface area contributed by atoms with Gasteiger partial charge in [0.05, 0.1) is 63.4 Å². The van der Waals surface area contributed by atoms with Gasteiger partial charge in [0, 0.05) is 32.7 Å². The van der Waals surface area contributed by atoms with E-state index in [-0.39, 0.29) is 37.6 Å². The molecule has 1 heterocycles. The number of rotatable bonds is 77. The van der Waals surface area contributed by atoms with Crippen molar-refractivity contribution < 1.29 is 71.6 Å². The third-order valence-corrected chi connectivity index (χ3v) is 21.0. The number of unbranched alkanes of at least 4 members (excludes halogenated alkanes) is 45. The van der Waals surface area contributed by atoms with Gasteiger partial charge in [0.1, 0.15) is 24.0 Å². The molecule has 0 bridgehead atoms. The number of Topliss-reactive ketones (excluding diaryl/α,β-unsaturated/α-hetero) is 1. The molecule has 2 unspecified atom stereocenters. The molecule has 5 N–H and O–H groups in total. The molecule has 1 aliphatic rings. The molecule has 598 valence electrons. The number of ketones is 1. The largest absolute Gasteiger partial charge is 0.470 e. The number of methoxy groups -OCH3 is 1. The van der Waals surface area contributed by atoms with Crippen molar-refractivity contribution in [2.45, 2.75) is 463 Å². The molecule has 0 spiro atoms. The van der Waals surface area contributed by atoms with E-state index in [0.29, 0.717) is 32.7 Å². The Morgan fingerprint density at radius 1 is 0.396 bits per heavy atom. The highest BCUT2D eigenvalue weighted by Gasteiger charge is 2.51. The van der Waals surface area contributed by atoms with Crippen LogP contribution in [0.3, 0.4) is 0 Å². The summed E-state index contributed by atoms with van der Waals surface area (Å²) >= 11 is 0. The topological polar surface area (TPSA) is 235 Å². The second kappa shape index (κ2) is 69.7. The number of phosphoric ester groups is 1. The summed E-state index contributed by atoms with van der Waals surface area (Å²) in [6.07, 6.45) is 54.1. The van der Waals surface area contributed by atoms with Crippen molar-refractivity contribution in [1.82, 2.24) is 10.6 Å². The minimum absolute atomic E-state index is 0.0701. The number of nitrogens with one attached hydrogen (secondary N) is 2. The fourth-order valence-corrected chi connectivity index (χ4v) is 14.8. The molecule has 101 heavy (non-hydrogen) atoms. The zero-order chi connectivity index (χ0) is 73.9. The van der Waals surface area contributed by atoms with Crippen LogP contribution in [0.25, 0.3) is 0 Å². The molecule has 0 radical (unpaired) electrons. The number of amides is 2. The fraction of sp³-hybridized carbons (Fsp3) is 0.952. The first-order valence-corrected chi connectivity index (χ1v) is 44.4. The Bertz CT molecular complexity index is 1870. The van der Waals surface area contributed by atoms with Crippen molar-refractivity contribution in [2.24, 2.45) is 5.92 Å². The Labute approximate surface area is 619 Å². The van der Waals surface area contributed by atoms with Crippen molar-refractivity contribution in [3.63, 3.8) is 0 Å². The average molecular weight is 1460 g/mol. The molecule has 1 rings (SSSR count). The molecule has 0 aromatic carbocycles. The Hall–Kier alpha value is -2.05. The zero-order valence-corrected chi connectivity index (χ0v) is 67.3. The maximum atomic E-state index is 14.9. The summed E-state index contributed by atoms with van der Waals surface area (Å²) in [5.74, 6) is -3.03. The van der Waals surface area contributed by atoms with E-state index in [1.54, 1.807) is 0 Å². The Kier molecular flexibility index (Phi) is 66.9. The number of aliphatic hydroxyl groups is 1. The summed E-state index contributed by atoms with van der Waals surface area (Å²) in [4.78, 5) is 79.1. The minimum Gasteiger partial charge on any atom is -0.469 e. The van der Waals surface area contributed by atoms with Gasteiger partial charge in [0.25, 0.3) is 0 Å². The fourth-order valence-electron chi connectivity index (χ4n) is 14.2. The van der Waals surface area contributed by atoms with Gasteiger partial charge in [-0.05, 0) is 38.5 Å². The average Bonchev–Trinajstić information content (AvgIpc) is 0.781. The van der Waals surface area contributed by atoms with E-state index in [0.717, 1.165) is 135 Å². The van der Waals surface area contributed by atoms with E-state index in [4.69, 9.17) is 32.9 Å². The standard InChI is InChI=1S/C83H161N2O15P/c1-8-14-20-26-32-38-41-47-53-59-73(95-62-56-50-44-35-29-23-17-11-4)66-72(87)65-71(82(90)94-7)70-98-83-80(85-78(89)68-75(61-55-49-43-40-34-28-22-16-10-3)97-64-58-52-46-37-31-25-19-13-6)79(81(76(69-86)99-83)100-101(91,92)93)84-77(88)67-74(60-54-48-42-39-33-27-21-15-9-2)96-63-57-51-45-36-30-24-18-12-5/h71,73-76,79-81,83,86H,8-70H2,1-7H3,(H,84,88)(H,85,89)(H2,91,92,93)/t71-,73+,74+,75+,76?,79+,80?,81+,83+/m0/s1. The van der Waals surface area contributed by atoms with E-state index in [2.05, 4.69) is 52.2 Å². The van der Waals surface area contributed by atoms with Crippen LogP contribution < -0.4 is 10.6 Å². The molecule has 0 saturated carbocycles. The van der Waals surface area contributed by atoms with Crippen molar-refractivity contribution in [1.29, 1.82) is 0 Å². The van der Waals surface area contributed by atoms with Crippen LogP contribution in [0.5, 0.6) is 0 Å². The highest BCUT2D eigenvalue weighted by atomic mass is 31.2. The Morgan fingerprint density at radius 2 is 0.683 bits per heavy atom. The number of hydrogen-bond donors (Lipinski definition) is 5. The number of carbonyl (C=O) groups is 4. The molecule has 1 aliphatic heterocycles. The quantitative estimate of drug-likeness (QED) is 0.0216. The molecule has 17 nitrogen and oxygen atoms in total. The van der Waals surface area contributed by atoms with Crippen LogP contribution in [-0.4, -0.2) is 127 Å². The van der Waals surface area contributed by atoms with Crippen molar-refractivity contribution in [3.8, 4) is 0 Å². The summed E-state index contributed by atoms with van der Waals surface area (Å²) in [7, 11) is -4.13. The number of phosphoric acid groups is 1. The summed E-state index contributed by atoms with van der Waals surface area (Å²) in [5.41, 5.74) is 0. The lowest BCUT2D eigenvalue weighted by Gasteiger charge is -2.46. The molecule has 2 amide bonds. The number of aliphatic hydroxyl groups excluding tert-OH is 1. The number of esters is 1. The van der Waals surface area contributed by atoms with Crippen LogP contribution in [0.2, 0.25) is 0 Å². The van der Waals surface area contributed by atoms with Gasteiger partial charge in [-0.3, -0.25) is 23.7 Å². The van der Waals surface area contributed by atoms with E-state index < -0.39 is 87.5 Å². The maximum absolute atomic E-state index is 14.9. The molecule has 0 aromatic heterocycles. The summed E-state index contributed by atoms with van der Waals surface area (Å²) in [5, 5.41) is 17.2. The Morgan fingerprint density at radius 3 is 0.980 bits per heavy atom. The minimum atomic E-state index is -5.38. The molecular weight excluding hydrogens is 1300 g/mol.